The van der Waals surface area contributed by atoms with Crippen molar-refractivity contribution in [2.24, 2.45) is 5.92 Å². The molecule has 2 amide bonds. The molecule has 1 fully saturated rings. The van der Waals surface area contributed by atoms with Crippen molar-refractivity contribution in [3.8, 4) is 11.3 Å². The van der Waals surface area contributed by atoms with Gasteiger partial charge in [0, 0.05) is 38.3 Å². The minimum Gasteiger partial charge on any atom is -0.352 e. The quantitative estimate of drug-likeness (QED) is 0.469. The topological polar surface area (TPSA) is 69.6 Å². The zero-order chi connectivity index (χ0) is 24.8. The number of carbonyl (C=O) groups is 2. The highest BCUT2D eigenvalue weighted by Gasteiger charge is 2.27. The third kappa shape index (κ3) is 6.25. The van der Waals surface area contributed by atoms with Crippen molar-refractivity contribution in [1.82, 2.24) is 20.0 Å². The van der Waals surface area contributed by atoms with E-state index in [4.69, 9.17) is 0 Å². The van der Waals surface area contributed by atoms with Crippen LogP contribution >= 0.6 is 11.3 Å². The Hall–Kier alpha value is -3.26. The van der Waals surface area contributed by atoms with E-state index in [0.29, 0.717) is 43.5 Å². The molecule has 184 valence electrons. The van der Waals surface area contributed by atoms with Gasteiger partial charge in [0.15, 0.2) is 5.82 Å². The number of hydrogen-bond acceptors (Lipinski definition) is 6. The summed E-state index contributed by atoms with van der Waals surface area (Å²) < 4.78 is 0. The number of aromatic nitrogens is 2. The van der Waals surface area contributed by atoms with Gasteiger partial charge in [-0.3, -0.25) is 9.59 Å². The van der Waals surface area contributed by atoms with Gasteiger partial charge in [-0.05, 0) is 36.4 Å². The largest absolute Gasteiger partial charge is 0.352 e. The first-order valence-electron chi connectivity index (χ1n) is 12.2. The Balaban J connectivity index is 1.34. The molecule has 1 aliphatic heterocycles. The minimum absolute atomic E-state index is 0.00124. The molecule has 1 saturated heterocycles. The lowest BCUT2D eigenvalue weighted by molar-refractivity contribution is -0.132. The van der Waals surface area contributed by atoms with Crippen LogP contribution in [0.25, 0.3) is 11.3 Å². The van der Waals surface area contributed by atoms with Gasteiger partial charge < -0.3 is 14.7 Å². The molecule has 0 aliphatic carbocycles. The smallest absolute Gasteiger partial charge is 0.264 e. The second kappa shape index (κ2) is 11.4. The first kappa shape index (κ1) is 24.9. The Kier molecular flexibility index (Phi) is 8.13. The van der Waals surface area contributed by atoms with Crippen molar-refractivity contribution < 1.29 is 9.59 Å². The maximum absolute atomic E-state index is 13.1. The van der Waals surface area contributed by atoms with Crippen LogP contribution in [0.5, 0.6) is 0 Å². The van der Waals surface area contributed by atoms with Crippen LogP contribution in [0.2, 0.25) is 0 Å². The van der Waals surface area contributed by atoms with Crippen molar-refractivity contribution >= 4 is 29.0 Å². The van der Waals surface area contributed by atoms with E-state index in [1.807, 2.05) is 34.5 Å². The highest BCUT2D eigenvalue weighted by atomic mass is 32.1. The second-order valence-corrected chi connectivity index (χ2v) is 10.1. The second-order valence-electron chi connectivity index (χ2n) is 9.19. The van der Waals surface area contributed by atoms with E-state index in [2.05, 4.69) is 60.1 Å². The summed E-state index contributed by atoms with van der Waals surface area (Å²) in [7, 11) is 0. The Bertz CT molecular complexity index is 1110. The number of rotatable bonds is 8. The summed E-state index contributed by atoms with van der Waals surface area (Å²) in [6.45, 7) is 9.57. The molecule has 3 aromatic rings. The summed E-state index contributed by atoms with van der Waals surface area (Å²) in [5.41, 5.74) is 3.10. The van der Waals surface area contributed by atoms with Gasteiger partial charge in [-0.1, -0.05) is 56.2 Å². The van der Waals surface area contributed by atoms with E-state index in [1.54, 1.807) is 4.90 Å². The number of thiophene rings is 1. The summed E-state index contributed by atoms with van der Waals surface area (Å²) in [6.07, 6.45) is 0.963. The Morgan fingerprint density at radius 1 is 1.03 bits per heavy atom. The van der Waals surface area contributed by atoms with Crippen LogP contribution in [0.1, 0.15) is 35.5 Å². The van der Waals surface area contributed by atoms with E-state index in [1.165, 1.54) is 16.9 Å². The van der Waals surface area contributed by atoms with Crippen LogP contribution in [0, 0.1) is 12.8 Å². The van der Waals surface area contributed by atoms with Crippen LogP contribution in [-0.4, -0.2) is 71.1 Å². The molecular weight excluding hydrogens is 458 g/mol. The Morgan fingerprint density at radius 2 is 1.77 bits per heavy atom. The average molecular weight is 492 g/mol. The number of carbonyl (C=O) groups excluding carboxylic acids is 2. The number of benzene rings is 1. The molecule has 0 spiro atoms. The molecule has 3 heterocycles. The van der Waals surface area contributed by atoms with Crippen LogP contribution in [-0.2, 0) is 4.79 Å². The van der Waals surface area contributed by atoms with Gasteiger partial charge in [-0.2, -0.15) is 0 Å². The first-order valence-corrected chi connectivity index (χ1v) is 13.1. The number of aryl methyl sites for hydroxylation is 1. The zero-order valence-corrected chi connectivity index (χ0v) is 21.5. The van der Waals surface area contributed by atoms with Gasteiger partial charge in [-0.15, -0.1) is 21.5 Å². The Labute approximate surface area is 211 Å². The van der Waals surface area contributed by atoms with E-state index in [0.717, 1.165) is 23.5 Å². The number of amides is 2. The van der Waals surface area contributed by atoms with Crippen LogP contribution in [0.4, 0.5) is 5.82 Å². The van der Waals surface area contributed by atoms with Crippen molar-refractivity contribution in [3.63, 3.8) is 0 Å². The number of hydrogen-bond donors (Lipinski definition) is 0. The van der Waals surface area contributed by atoms with E-state index in [-0.39, 0.29) is 18.4 Å². The van der Waals surface area contributed by atoms with E-state index >= 15 is 0 Å². The normalized spacial score (nSPS) is 14.6. The summed E-state index contributed by atoms with van der Waals surface area (Å²) in [6, 6.07) is 15.9. The Morgan fingerprint density at radius 3 is 2.37 bits per heavy atom. The van der Waals surface area contributed by atoms with Gasteiger partial charge in [0.2, 0.25) is 5.91 Å². The zero-order valence-electron chi connectivity index (χ0n) is 20.7. The van der Waals surface area contributed by atoms with E-state index in [9.17, 15) is 9.59 Å². The fourth-order valence-corrected chi connectivity index (χ4v) is 4.79. The predicted octanol–water partition coefficient (Wildman–Crippen LogP) is 4.35. The minimum atomic E-state index is -0.0590. The van der Waals surface area contributed by atoms with Crippen molar-refractivity contribution in [3.05, 3.63) is 64.4 Å². The number of piperazine rings is 1. The third-order valence-corrected chi connectivity index (χ3v) is 7.39. The molecule has 0 saturated carbocycles. The molecule has 0 unspecified atom stereocenters. The summed E-state index contributed by atoms with van der Waals surface area (Å²) >= 11 is 1.42. The van der Waals surface area contributed by atoms with Crippen LogP contribution in [0.3, 0.4) is 0 Å². The lowest BCUT2D eigenvalue weighted by atomic mass is 10.1. The maximum Gasteiger partial charge on any atom is 0.264 e. The monoisotopic (exact) mass is 491 g/mol. The highest BCUT2D eigenvalue weighted by Crippen LogP contribution is 2.20. The molecule has 0 bridgehead atoms. The molecule has 0 N–H and O–H groups in total. The molecule has 2 aromatic heterocycles. The van der Waals surface area contributed by atoms with Gasteiger partial charge in [-0.25, -0.2) is 0 Å². The summed E-state index contributed by atoms with van der Waals surface area (Å²) in [5.74, 6) is 1.10. The standard InChI is InChI=1S/C27H33N5O2S/c1-4-20(2)18-32(27(34)24-6-5-17-35-24)19-26(33)31-15-13-30(14-16-31)25-12-11-23(28-29-25)22-9-7-21(3)8-10-22/h5-12,17,20H,4,13-16,18-19H2,1-3H3/t20-/m1/s1. The van der Waals surface area contributed by atoms with Crippen LogP contribution < -0.4 is 4.90 Å². The lowest BCUT2D eigenvalue weighted by Gasteiger charge is -2.36. The van der Waals surface area contributed by atoms with Gasteiger partial charge in [0.1, 0.15) is 6.54 Å². The molecule has 1 aromatic carbocycles. The lowest BCUT2D eigenvalue weighted by Crippen LogP contribution is -2.52. The molecule has 0 radical (unpaired) electrons. The van der Waals surface area contributed by atoms with Crippen molar-refractivity contribution in [2.45, 2.75) is 27.2 Å². The molecule has 35 heavy (non-hydrogen) atoms. The average Bonchev–Trinajstić information content (AvgIpc) is 3.43. The summed E-state index contributed by atoms with van der Waals surface area (Å²) in [5, 5.41) is 10.7. The third-order valence-electron chi connectivity index (χ3n) is 6.53. The van der Waals surface area contributed by atoms with Crippen molar-refractivity contribution in [2.75, 3.05) is 44.2 Å². The molecule has 4 rings (SSSR count). The highest BCUT2D eigenvalue weighted by molar-refractivity contribution is 7.12. The summed E-state index contributed by atoms with van der Waals surface area (Å²) in [4.78, 5) is 32.5. The molecule has 7 nitrogen and oxygen atoms in total. The van der Waals surface area contributed by atoms with Crippen LogP contribution in [0.15, 0.2) is 53.9 Å². The fourth-order valence-electron chi connectivity index (χ4n) is 4.10. The maximum atomic E-state index is 13.1. The predicted molar refractivity (Wildman–Crippen MR) is 141 cm³/mol. The van der Waals surface area contributed by atoms with Gasteiger partial charge in [0.05, 0.1) is 10.6 Å². The SMILES string of the molecule is CC[C@@H](C)CN(CC(=O)N1CCN(c2ccc(-c3ccc(C)cc3)nn2)CC1)C(=O)c1cccs1. The van der Waals surface area contributed by atoms with Crippen molar-refractivity contribution in [1.29, 1.82) is 0 Å². The molecular formula is C27H33N5O2S. The number of anilines is 1. The van der Waals surface area contributed by atoms with Gasteiger partial charge >= 0.3 is 0 Å². The molecule has 1 atom stereocenters. The number of nitrogens with zero attached hydrogens (tertiary/aromatic N) is 5. The van der Waals surface area contributed by atoms with E-state index < -0.39 is 0 Å². The molecule has 8 heteroatoms. The first-order chi connectivity index (χ1) is 16.9. The van der Waals surface area contributed by atoms with Gasteiger partial charge in [0.25, 0.3) is 5.91 Å². The molecule has 1 aliphatic rings. The fraction of sp³-hybridized carbons (Fsp3) is 0.407.